The number of hydrogen-bond acceptors (Lipinski definition) is 4. The maximum absolute atomic E-state index is 12.6. The second-order valence-electron chi connectivity index (χ2n) is 4.46. The molecule has 20 heavy (non-hydrogen) atoms. The minimum atomic E-state index is -4.46. The van der Waals surface area contributed by atoms with Gasteiger partial charge in [-0.1, -0.05) is 0 Å². The molecule has 1 heterocycles. The van der Waals surface area contributed by atoms with Crippen molar-refractivity contribution in [3.8, 4) is 0 Å². The average Bonchev–Trinajstić information content (AvgIpc) is 2.37. The summed E-state index contributed by atoms with van der Waals surface area (Å²) in [5, 5.41) is 0. The maximum Gasteiger partial charge on any atom is 0.416 e. The molecule has 0 saturated carbocycles. The number of alkyl halides is 3. The molecule has 1 saturated heterocycles. The number of carbonyl (C=O) groups is 1. The number of morpholine rings is 1. The van der Waals surface area contributed by atoms with Gasteiger partial charge in [-0.15, -0.1) is 0 Å². The smallest absolute Gasteiger partial charge is 0.397 e. The van der Waals surface area contributed by atoms with Gasteiger partial charge < -0.3 is 21.1 Å². The van der Waals surface area contributed by atoms with E-state index in [4.69, 9.17) is 16.2 Å². The van der Waals surface area contributed by atoms with E-state index in [0.717, 1.165) is 12.1 Å². The topological polar surface area (TPSA) is 81.6 Å². The first kappa shape index (κ1) is 14.4. The molecule has 1 atom stereocenters. The average molecular weight is 289 g/mol. The maximum atomic E-state index is 12.6. The van der Waals surface area contributed by atoms with E-state index in [0.29, 0.717) is 18.8 Å². The Bertz CT molecular complexity index is 519. The number of nitrogen functional groups attached to an aromatic ring is 1. The lowest BCUT2D eigenvalue weighted by Crippen LogP contribution is -2.52. The van der Waals surface area contributed by atoms with Crippen molar-refractivity contribution in [1.29, 1.82) is 0 Å². The number of hydrogen-bond donors (Lipinski definition) is 2. The zero-order valence-corrected chi connectivity index (χ0v) is 10.5. The third-order valence-electron chi connectivity index (χ3n) is 3.12. The number of halogens is 3. The van der Waals surface area contributed by atoms with E-state index in [1.807, 2.05) is 0 Å². The van der Waals surface area contributed by atoms with E-state index < -0.39 is 23.7 Å². The number of rotatable bonds is 2. The molecule has 0 aromatic heterocycles. The van der Waals surface area contributed by atoms with Crippen molar-refractivity contribution in [2.45, 2.75) is 12.2 Å². The first-order valence-corrected chi connectivity index (χ1v) is 5.91. The second kappa shape index (κ2) is 5.20. The fourth-order valence-corrected chi connectivity index (χ4v) is 2.12. The first-order valence-electron chi connectivity index (χ1n) is 5.91. The van der Waals surface area contributed by atoms with Gasteiger partial charge in [-0.05, 0) is 18.2 Å². The number of amides is 1. The Balaban J connectivity index is 2.34. The number of nitrogens with two attached hydrogens (primary N) is 2. The molecule has 1 aliphatic rings. The number of benzene rings is 1. The molecule has 8 heteroatoms. The van der Waals surface area contributed by atoms with Crippen LogP contribution in [0.25, 0.3) is 0 Å². The molecule has 1 aliphatic heterocycles. The molecular formula is C12H14F3N3O2. The normalized spacial score (nSPS) is 19.9. The minimum absolute atomic E-state index is 0.0482. The molecule has 1 fully saturated rings. The van der Waals surface area contributed by atoms with E-state index in [-0.39, 0.29) is 12.3 Å². The lowest BCUT2D eigenvalue weighted by atomic mass is 10.1. The van der Waals surface area contributed by atoms with Crippen molar-refractivity contribution in [3.05, 3.63) is 23.8 Å². The van der Waals surface area contributed by atoms with Crippen LogP contribution >= 0.6 is 0 Å². The lowest BCUT2D eigenvalue weighted by Gasteiger charge is -2.36. The fraction of sp³-hybridized carbons (Fsp3) is 0.417. The predicted molar refractivity (Wildman–Crippen MR) is 67.0 cm³/mol. The summed E-state index contributed by atoms with van der Waals surface area (Å²) in [5.41, 5.74) is 10.4. The van der Waals surface area contributed by atoms with Crippen molar-refractivity contribution < 1.29 is 22.7 Å². The van der Waals surface area contributed by atoms with E-state index in [9.17, 15) is 18.0 Å². The van der Waals surface area contributed by atoms with Gasteiger partial charge in [0.1, 0.15) is 6.04 Å². The number of carbonyl (C=O) groups excluding carboxylic acids is 1. The highest BCUT2D eigenvalue weighted by Crippen LogP contribution is 2.35. The van der Waals surface area contributed by atoms with Crippen molar-refractivity contribution in [1.82, 2.24) is 0 Å². The summed E-state index contributed by atoms with van der Waals surface area (Å²) < 4.78 is 42.9. The molecule has 1 aromatic carbocycles. The molecular weight excluding hydrogens is 275 g/mol. The number of nitrogens with zero attached hydrogens (tertiary/aromatic N) is 1. The summed E-state index contributed by atoms with van der Waals surface area (Å²) in [5.74, 6) is -0.607. The van der Waals surface area contributed by atoms with Crippen LogP contribution in [0.5, 0.6) is 0 Å². The van der Waals surface area contributed by atoms with Crippen LogP contribution in [-0.2, 0) is 15.7 Å². The van der Waals surface area contributed by atoms with Gasteiger partial charge in [0.05, 0.1) is 30.2 Å². The van der Waals surface area contributed by atoms with Crippen molar-refractivity contribution in [3.63, 3.8) is 0 Å². The molecule has 0 bridgehead atoms. The largest absolute Gasteiger partial charge is 0.416 e. The molecule has 0 aliphatic carbocycles. The Morgan fingerprint density at radius 2 is 2.10 bits per heavy atom. The van der Waals surface area contributed by atoms with Gasteiger partial charge >= 0.3 is 6.18 Å². The number of primary amides is 1. The number of anilines is 2. The molecule has 110 valence electrons. The van der Waals surface area contributed by atoms with Gasteiger partial charge in [-0.2, -0.15) is 13.2 Å². The molecule has 0 spiro atoms. The monoisotopic (exact) mass is 289 g/mol. The van der Waals surface area contributed by atoms with E-state index in [1.54, 1.807) is 4.90 Å². The van der Waals surface area contributed by atoms with Crippen molar-refractivity contribution in [2.24, 2.45) is 5.73 Å². The second-order valence-corrected chi connectivity index (χ2v) is 4.46. The summed E-state index contributed by atoms with van der Waals surface area (Å²) in [6, 6.07) is 2.30. The predicted octanol–water partition coefficient (Wildman–Crippen LogP) is 0.978. The van der Waals surface area contributed by atoms with Gasteiger partial charge in [0.25, 0.3) is 0 Å². The Labute approximate surface area is 113 Å². The van der Waals surface area contributed by atoms with Crippen LogP contribution in [0, 0.1) is 0 Å². The third kappa shape index (κ3) is 2.79. The molecule has 5 nitrogen and oxygen atoms in total. The van der Waals surface area contributed by atoms with Gasteiger partial charge in [-0.25, -0.2) is 0 Å². The summed E-state index contributed by atoms with van der Waals surface area (Å²) in [6.45, 7) is 0.781. The van der Waals surface area contributed by atoms with Crippen LogP contribution in [0.1, 0.15) is 5.56 Å². The Morgan fingerprint density at radius 1 is 1.40 bits per heavy atom. The zero-order valence-electron chi connectivity index (χ0n) is 10.5. The van der Waals surface area contributed by atoms with Crippen molar-refractivity contribution in [2.75, 3.05) is 30.4 Å². The SMILES string of the molecule is NC(=O)C1COCCN1c1ccc(C(F)(F)F)cc1N. The zero-order chi connectivity index (χ0) is 14.9. The highest BCUT2D eigenvalue weighted by Gasteiger charge is 2.33. The molecule has 4 N–H and O–H groups in total. The Morgan fingerprint density at radius 3 is 2.65 bits per heavy atom. The van der Waals surface area contributed by atoms with Crippen LogP contribution < -0.4 is 16.4 Å². The summed E-state index contributed by atoms with van der Waals surface area (Å²) >= 11 is 0. The highest BCUT2D eigenvalue weighted by atomic mass is 19.4. The quantitative estimate of drug-likeness (QED) is 0.795. The van der Waals surface area contributed by atoms with Gasteiger partial charge in [0.15, 0.2) is 0 Å². The highest BCUT2D eigenvalue weighted by molar-refractivity contribution is 5.85. The molecule has 2 rings (SSSR count). The van der Waals surface area contributed by atoms with E-state index in [2.05, 4.69) is 0 Å². The number of ether oxygens (including phenoxy) is 1. The van der Waals surface area contributed by atoms with Crippen molar-refractivity contribution >= 4 is 17.3 Å². The van der Waals surface area contributed by atoms with Crippen LogP contribution in [0.3, 0.4) is 0 Å². The third-order valence-corrected chi connectivity index (χ3v) is 3.12. The van der Waals surface area contributed by atoms with Gasteiger partial charge in [0.2, 0.25) is 5.91 Å². The molecule has 0 radical (unpaired) electrons. The van der Waals surface area contributed by atoms with Crippen LogP contribution in [-0.4, -0.2) is 31.7 Å². The summed E-state index contributed by atoms with van der Waals surface area (Å²) in [7, 11) is 0. The van der Waals surface area contributed by atoms with Crippen LogP contribution in [0.15, 0.2) is 18.2 Å². The lowest BCUT2D eigenvalue weighted by molar-refractivity contribution is -0.137. The van der Waals surface area contributed by atoms with Crippen LogP contribution in [0.2, 0.25) is 0 Å². The first-order chi connectivity index (χ1) is 9.30. The van der Waals surface area contributed by atoms with Gasteiger partial charge in [0, 0.05) is 6.54 Å². The Hall–Kier alpha value is -1.96. The molecule has 1 amide bonds. The minimum Gasteiger partial charge on any atom is -0.397 e. The Kier molecular flexibility index (Phi) is 3.76. The molecule has 1 aromatic rings. The molecule has 1 unspecified atom stereocenters. The fourth-order valence-electron chi connectivity index (χ4n) is 2.12. The summed E-state index contributed by atoms with van der Waals surface area (Å²) in [4.78, 5) is 12.9. The standard InChI is InChI=1S/C12H14F3N3O2/c13-12(14,15)7-1-2-9(8(16)5-7)18-3-4-20-6-10(18)11(17)19/h1-2,5,10H,3-4,6,16H2,(H2,17,19). The van der Waals surface area contributed by atoms with E-state index >= 15 is 0 Å². The summed E-state index contributed by atoms with van der Waals surface area (Å²) in [6.07, 6.45) is -4.46. The van der Waals surface area contributed by atoms with Gasteiger partial charge in [-0.3, -0.25) is 4.79 Å². The van der Waals surface area contributed by atoms with E-state index in [1.165, 1.54) is 6.07 Å². The van der Waals surface area contributed by atoms with Crippen LogP contribution in [0.4, 0.5) is 24.5 Å².